The summed E-state index contributed by atoms with van der Waals surface area (Å²) >= 11 is 0. The first-order valence-corrected chi connectivity index (χ1v) is 16.4. The summed E-state index contributed by atoms with van der Waals surface area (Å²) in [6.07, 6.45) is 1.97. The van der Waals surface area contributed by atoms with Crippen molar-refractivity contribution in [3.63, 3.8) is 0 Å². The molecule has 0 radical (unpaired) electrons. The fraction of sp³-hybridized carbons (Fsp3) is 0.533. The predicted molar refractivity (Wildman–Crippen MR) is 160 cm³/mol. The van der Waals surface area contributed by atoms with E-state index in [2.05, 4.69) is 5.32 Å². The van der Waals surface area contributed by atoms with Gasteiger partial charge in [-0.1, -0.05) is 18.2 Å². The van der Waals surface area contributed by atoms with Gasteiger partial charge in [-0.15, -0.1) is 0 Å². The maximum Gasteiger partial charge on any atom is 0.414 e. The SMILES string of the molecule is COc1cc(OC2CCN(S(=O)(=O)N3CCNCC3)CC2)ccc1C(=O)N1CCC(N2C(=O)OCc3ccccc32)CC1. The number of hydrogen-bond donors (Lipinski definition) is 1. The van der Waals surface area contributed by atoms with E-state index in [1.165, 1.54) is 7.11 Å². The molecule has 0 aliphatic carbocycles. The lowest BCUT2D eigenvalue weighted by atomic mass is 10.00. The maximum absolute atomic E-state index is 13.5. The zero-order valence-electron chi connectivity index (χ0n) is 24.4. The number of fused-ring (bicyclic) bond motifs is 1. The number of methoxy groups -OCH3 is 1. The number of nitrogens with zero attached hydrogens (tertiary/aromatic N) is 4. The molecule has 232 valence electrons. The number of nitrogens with one attached hydrogen (secondary N) is 1. The molecule has 12 nitrogen and oxygen atoms in total. The summed E-state index contributed by atoms with van der Waals surface area (Å²) in [5, 5.41) is 3.19. The number of piperazine rings is 1. The van der Waals surface area contributed by atoms with Gasteiger partial charge in [0.15, 0.2) is 0 Å². The highest BCUT2D eigenvalue weighted by Crippen LogP contribution is 2.33. The molecule has 0 saturated carbocycles. The Morgan fingerprint density at radius 2 is 1.63 bits per heavy atom. The van der Waals surface area contributed by atoms with Gasteiger partial charge in [-0.3, -0.25) is 9.69 Å². The lowest BCUT2D eigenvalue weighted by molar-refractivity contribution is 0.0705. The second-order valence-electron chi connectivity index (χ2n) is 11.3. The van der Waals surface area contributed by atoms with Crippen LogP contribution in [0.15, 0.2) is 42.5 Å². The smallest absolute Gasteiger partial charge is 0.414 e. The summed E-state index contributed by atoms with van der Waals surface area (Å²) < 4.78 is 46.3. The third kappa shape index (κ3) is 6.17. The van der Waals surface area contributed by atoms with Crippen molar-refractivity contribution in [3.8, 4) is 11.5 Å². The van der Waals surface area contributed by atoms with Crippen molar-refractivity contribution in [2.75, 3.05) is 64.4 Å². The highest BCUT2D eigenvalue weighted by atomic mass is 32.2. The van der Waals surface area contributed by atoms with Crippen LogP contribution in [0, 0.1) is 0 Å². The highest BCUT2D eigenvalue weighted by Gasteiger charge is 2.36. The molecule has 43 heavy (non-hydrogen) atoms. The quantitative estimate of drug-likeness (QED) is 0.506. The number of anilines is 1. The Bertz CT molecular complexity index is 1430. The Morgan fingerprint density at radius 3 is 2.35 bits per heavy atom. The standard InChI is InChI=1S/C30H39N5O7S/c1-40-28-20-25(42-24-10-16-33(17-11-24)43(38,39)34-18-12-31-13-19-34)6-7-26(28)29(36)32-14-8-23(9-15-32)35-27-5-3-2-4-22(27)21-41-30(35)37/h2-7,20,23-24,31H,8-19,21H2,1H3. The molecule has 0 unspecified atom stereocenters. The van der Waals surface area contributed by atoms with Gasteiger partial charge >= 0.3 is 6.09 Å². The molecule has 3 saturated heterocycles. The zero-order chi connectivity index (χ0) is 30.0. The minimum atomic E-state index is -3.46. The first-order chi connectivity index (χ1) is 20.8. The maximum atomic E-state index is 13.5. The summed E-state index contributed by atoms with van der Waals surface area (Å²) in [7, 11) is -1.93. The van der Waals surface area contributed by atoms with Crippen LogP contribution in [0.25, 0.3) is 0 Å². The zero-order valence-corrected chi connectivity index (χ0v) is 25.3. The molecule has 0 bridgehead atoms. The molecule has 2 aromatic carbocycles. The summed E-state index contributed by atoms with van der Waals surface area (Å²) in [5.74, 6) is 0.879. The van der Waals surface area contributed by atoms with Gasteiger partial charge in [-0.2, -0.15) is 17.0 Å². The molecule has 13 heteroatoms. The fourth-order valence-electron chi connectivity index (χ4n) is 6.35. The van der Waals surface area contributed by atoms with Gasteiger partial charge in [0, 0.05) is 70.0 Å². The van der Waals surface area contributed by atoms with E-state index < -0.39 is 10.2 Å². The second-order valence-corrected chi connectivity index (χ2v) is 13.2. The van der Waals surface area contributed by atoms with Gasteiger partial charge in [0.25, 0.3) is 16.1 Å². The average Bonchev–Trinajstić information content (AvgIpc) is 3.05. The summed E-state index contributed by atoms with van der Waals surface area (Å²) in [6, 6.07) is 12.9. The number of ether oxygens (including phenoxy) is 3. The number of cyclic esters (lactones) is 1. The molecule has 4 heterocycles. The number of amides is 2. The van der Waals surface area contributed by atoms with Crippen molar-refractivity contribution in [3.05, 3.63) is 53.6 Å². The number of hydrogen-bond acceptors (Lipinski definition) is 8. The van der Waals surface area contributed by atoms with Crippen LogP contribution in [-0.4, -0.2) is 106 Å². The van der Waals surface area contributed by atoms with Gasteiger partial charge in [0.1, 0.15) is 24.2 Å². The topological polar surface area (TPSA) is 121 Å². The third-order valence-corrected chi connectivity index (χ3v) is 10.8. The Kier molecular flexibility index (Phi) is 8.75. The van der Waals surface area contributed by atoms with Crippen molar-refractivity contribution in [2.24, 2.45) is 0 Å². The van der Waals surface area contributed by atoms with Gasteiger partial charge in [-0.05, 0) is 43.9 Å². The van der Waals surface area contributed by atoms with E-state index >= 15 is 0 Å². The molecule has 4 aliphatic rings. The van der Waals surface area contributed by atoms with Crippen molar-refractivity contribution in [1.82, 2.24) is 18.8 Å². The molecule has 1 N–H and O–H groups in total. The fourth-order valence-corrected chi connectivity index (χ4v) is 7.99. The van der Waals surface area contributed by atoms with Gasteiger partial charge in [0.05, 0.1) is 18.4 Å². The normalized spacial score (nSPS) is 21.3. The van der Waals surface area contributed by atoms with E-state index in [1.807, 2.05) is 24.3 Å². The number of carbonyl (C=O) groups excluding carboxylic acids is 2. The highest BCUT2D eigenvalue weighted by molar-refractivity contribution is 7.86. The first-order valence-electron chi connectivity index (χ1n) is 15.0. The van der Waals surface area contributed by atoms with E-state index in [-0.39, 0.29) is 30.8 Å². The molecule has 0 aromatic heterocycles. The number of likely N-dealkylation sites (tertiary alicyclic amines) is 1. The van der Waals surface area contributed by atoms with Crippen LogP contribution in [0.1, 0.15) is 41.6 Å². The van der Waals surface area contributed by atoms with Crippen LogP contribution in [0.5, 0.6) is 11.5 Å². The first kappa shape index (κ1) is 29.7. The lowest BCUT2D eigenvalue weighted by Gasteiger charge is -2.40. The van der Waals surface area contributed by atoms with E-state index in [0.717, 1.165) is 11.3 Å². The Morgan fingerprint density at radius 1 is 0.930 bits per heavy atom. The van der Waals surface area contributed by atoms with E-state index in [9.17, 15) is 18.0 Å². The molecule has 0 spiro atoms. The third-order valence-electron chi connectivity index (χ3n) is 8.75. The summed E-state index contributed by atoms with van der Waals surface area (Å²) in [5.41, 5.74) is 2.32. The molecular formula is C30H39N5O7S. The number of rotatable bonds is 7. The number of benzene rings is 2. The Labute approximate surface area is 252 Å². The van der Waals surface area contributed by atoms with Crippen molar-refractivity contribution in [1.29, 1.82) is 0 Å². The molecule has 0 atom stereocenters. The number of carbonyl (C=O) groups is 2. The van der Waals surface area contributed by atoms with Crippen LogP contribution in [0.3, 0.4) is 0 Å². The van der Waals surface area contributed by atoms with E-state index in [1.54, 1.807) is 36.6 Å². The van der Waals surface area contributed by atoms with Crippen LogP contribution in [-0.2, 0) is 21.6 Å². The van der Waals surface area contributed by atoms with Crippen molar-refractivity contribution >= 4 is 27.9 Å². The van der Waals surface area contributed by atoms with Crippen LogP contribution < -0.4 is 19.7 Å². The number of piperidine rings is 2. The summed E-state index contributed by atoms with van der Waals surface area (Å²) in [4.78, 5) is 29.7. The van der Waals surface area contributed by atoms with E-state index in [4.69, 9.17) is 14.2 Å². The van der Waals surface area contributed by atoms with Gasteiger partial charge < -0.3 is 24.4 Å². The van der Waals surface area contributed by atoms with Gasteiger partial charge in [-0.25, -0.2) is 4.79 Å². The minimum absolute atomic E-state index is 0.0473. The number of para-hydroxylation sites is 1. The molecule has 6 rings (SSSR count). The minimum Gasteiger partial charge on any atom is -0.496 e. The van der Waals surface area contributed by atoms with Gasteiger partial charge in [0.2, 0.25) is 0 Å². The Balaban J connectivity index is 1.04. The van der Waals surface area contributed by atoms with Crippen molar-refractivity contribution < 1.29 is 32.2 Å². The molecule has 2 amide bonds. The molecule has 4 aliphatic heterocycles. The molecule has 3 fully saturated rings. The summed E-state index contributed by atoms with van der Waals surface area (Å²) in [6.45, 7) is 4.41. The Hall–Kier alpha value is -3.39. The monoisotopic (exact) mass is 613 g/mol. The van der Waals surface area contributed by atoms with E-state index in [0.29, 0.717) is 95.1 Å². The van der Waals surface area contributed by atoms with Crippen LogP contribution in [0.2, 0.25) is 0 Å². The molecular weight excluding hydrogens is 574 g/mol. The van der Waals surface area contributed by atoms with Crippen LogP contribution in [0.4, 0.5) is 10.5 Å². The van der Waals surface area contributed by atoms with Crippen LogP contribution >= 0.6 is 0 Å². The lowest BCUT2D eigenvalue weighted by Crippen LogP contribution is -2.53. The predicted octanol–water partition coefficient (Wildman–Crippen LogP) is 2.45. The molecule has 2 aromatic rings. The average molecular weight is 614 g/mol. The largest absolute Gasteiger partial charge is 0.496 e. The second kappa shape index (κ2) is 12.7. The van der Waals surface area contributed by atoms with Crippen molar-refractivity contribution in [2.45, 2.75) is 44.4 Å².